The number of nitrogens with zero attached hydrogens (tertiary/aromatic N) is 1. The van der Waals surface area contributed by atoms with Gasteiger partial charge in [0.25, 0.3) is 10.0 Å². The fraction of sp³-hybridized carbons (Fsp3) is 0.538. The van der Waals surface area contributed by atoms with Crippen molar-refractivity contribution in [2.24, 2.45) is 0 Å². The molecule has 2 heterocycles. The van der Waals surface area contributed by atoms with Crippen molar-refractivity contribution in [3.63, 3.8) is 0 Å². The lowest BCUT2D eigenvalue weighted by atomic mass is 10.2. The van der Waals surface area contributed by atoms with Crippen LogP contribution in [0.4, 0.5) is 0 Å². The van der Waals surface area contributed by atoms with Crippen LogP contribution >= 0.6 is 11.3 Å². The van der Waals surface area contributed by atoms with Gasteiger partial charge in [-0.05, 0) is 31.2 Å². The number of carbonyl (C=O) groups excluding carboxylic acids is 2. The van der Waals surface area contributed by atoms with E-state index in [0.717, 1.165) is 17.8 Å². The number of hydrogen-bond acceptors (Lipinski definition) is 6. The van der Waals surface area contributed by atoms with Crippen molar-refractivity contribution in [3.05, 3.63) is 17.5 Å². The van der Waals surface area contributed by atoms with Crippen LogP contribution in [0.1, 0.15) is 19.8 Å². The fourth-order valence-electron chi connectivity index (χ4n) is 2.33. The Kier molecular flexibility index (Phi) is 5.54. The first-order chi connectivity index (χ1) is 10.5. The Balaban J connectivity index is 2.00. The smallest absolute Gasteiger partial charge is 0.396 e. The van der Waals surface area contributed by atoms with Crippen molar-refractivity contribution >= 4 is 33.2 Å². The normalized spacial score (nSPS) is 19.0. The molecule has 1 aromatic heterocycles. The zero-order valence-electron chi connectivity index (χ0n) is 12.1. The lowest BCUT2D eigenvalue weighted by Crippen LogP contribution is -2.44. The number of sulfonamides is 1. The highest BCUT2D eigenvalue weighted by Gasteiger charge is 2.36. The third-order valence-electron chi connectivity index (χ3n) is 3.34. The Hall–Kier alpha value is -1.45. The number of hydrogen-bond donors (Lipinski definition) is 1. The van der Waals surface area contributed by atoms with Gasteiger partial charge in [-0.1, -0.05) is 6.07 Å². The van der Waals surface area contributed by atoms with E-state index in [0.29, 0.717) is 13.0 Å². The molecule has 0 aromatic carbocycles. The predicted octanol–water partition coefficient (Wildman–Crippen LogP) is 0.581. The Labute approximate surface area is 133 Å². The van der Waals surface area contributed by atoms with Crippen LogP contribution in [0.25, 0.3) is 0 Å². The highest BCUT2D eigenvalue weighted by molar-refractivity contribution is 7.91. The Morgan fingerprint density at radius 1 is 1.50 bits per heavy atom. The SMILES string of the molecule is CCOC(=O)C(=O)NCC1CCCN1S(=O)(=O)c1cccs1. The lowest BCUT2D eigenvalue weighted by molar-refractivity contribution is -0.154. The van der Waals surface area contributed by atoms with Gasteiger partial charge in [0.2, 0.25) is 0 Å². The predicted molar refractivity (Wildman–Crippen MR) is 80.9 cm³/mol. The number of thiophene rings is 1. The Bertz CT molecular complexity index is 627. The summed E-state index contributed by atoms with van der Waals surface area (Å²) in [5, 5.41) is 4.15. The molecule has 122 valence electrons. The molecule has 22 heavy (non-hydrogen) atoms. The Morgan fingerprint density at radius 2 is 2.27 bits per heavy atom. The summed E-state index contributed by atoms with van der Waals surface area (Å²) in [7, 11) is -3.54. The van der Waals surface area contributed by atoms with Gasteiger partial charge in [0.1, 0.15) is 4.21 Å². The minimum absolute atomic E-state index is 0.0995. The van der Waals surface area contributed by atoms with Gasteiger partial charge in [-0.2, -0.15) is 4.31 Å². The molecule has 1 atom stereocenters. The molecule has 1 saturated heterocycles. The minimum Gasteiger partial charge on any atom is -0.459 e. The number of nitrogens with one attached hydrogen (secondary N) is 1. The molecule has 0 radical (unpaired) electrons. The average Bonchev–Trinajstić information content (AvgIpc) is 3.16. The van der Waals surface area contributed by atoms with Crippen LogP contribution in [0.5, 0.6) is 0 Å². The minimum atomic E-state index is -3.54. The number of esters is 1. The summed E-state index contributed by atoms with van der Waals surface area (Å²) in [4.78, 5) is 22.8. The summed E-state index contributed by atoms with van der Waals surface area (Å²) in [6.45, 7) is 2.24. The molecule has 1 amide bonds. The fourth-order valence-corrected chi connectivity index (χ4v) is 5.15. The number of carbonyl (C=O) groups is 2. The van der Waals surface area contributed by atoms with Crippen LogP contribution < -0.4 is 5.32 Å². The van der Waals surface area contributed by atoms with Gasteiger partial charge in [-0.25, -0.2) is 13.2 Å². The second-order valence-corrected chi connectivity index (χ2v) is 7.84. The first kappa shape index (κ1) is 16.9. The summed E-state index contributed by atoms with van der Waals surface area (Å²) in [6.07, 6.45) is 1.37. The summed E-state index contributed by atoms with van der Waals surface area (Å²) in [5.41, 5.74) is 0. The van der Waals surface area contributed by atoms with Crippen LogP contribution in [0.3, 0.4) is 0 Å². The molecule has 1 aliphatic heterocycles. The molecule has 7 nitrogen and oxygen atoms in total. The van der Waals surface area contributed by atoms with E-state index in [1.54, 1.807) is 24.4 Å². The zero-order chi connectivity index (χ0) is 16.2. The number of rotatable bonds is 5. The van der Waals surface area contributed by atoms with Crippen molar-refractivity contribution in [1.82, 2.24) is 9.62 Å². The second-order valence-electron chi connectivity index (χ2n) is 4.77. The molecule has 0 aliphatic carbocycles. The van der Waals surface area contributed by atoms with Gasteiger partial charge in [-0.3, -0.25) is 4.79 Å². The number of amides is 1. The first-order valence-electron chi connectivity index (χ1n) is 6.97. The van der Waals surface area contributed by atoms with E-state index in [9.17, 15) is 18.0 Å². The maximum atomic E-state index is 12.5. The largest absolute Gasteiger partial charge is 0.459 e. The summed E-state index contributed by atoms with van der Waals surface area (Å²) >= 11 is 1.16. The van der Waals surface area contributed by atoms with Gasteiger partial charge < -0.3 is 10.1 Å². The third kappa shape index (κ3) is 3.65. The van der Waals surface area contributed by atoms with Crippen LogP contribution in [-0.2, 0) is 24.3 Å². The van der Waals surface area contributed by atoms with E-state index in [4.69, 9.17) is 0 Å². The maximum Gasteiger partial charge on any atom is 0.396 e. The van der Waals surface area contributed by atoms with Crippen molar-refractivity contribution < 1.29 is 22.7 Å². The van der Waals surface area contributed by atoms with E-state index in [1.165, 1.54) is 4.31 Å². The quantitative estimate of drug-likeness (QED) is 0.622. The van der Waals surface area contributed by atoms with E-state index < -0.39 is 21.9 Å². The highest BCUT2D eigenvalue weighted by atomic mass is 32.2. The zero-order valence-corrected chi connectivity index (χ0v) is 13.8. The Morgan fingerprint density at radius 3 is 2.91 bits per heavy atom. The molecule has 1 aromatic rings. The van der Waals surface area contributed by atoms with Crippen molar-refractivity contribution in [2.75, 3.05) is 19.7 Å². The molecule has 0 saturated carbocycles. The van der Waals surface area contributed by atoms with Crippen molar-refractivity contribution in [1.29, 1.82) is 0 Å². The molecule has 0 spiro atoms. The maximum absolute atomic E-state index is 12.5. The molecule has 0 bridgehead atoms. The lowest BCUT2D eigenvalue weighted by Gasteiger charge is -2.23. The van der Waals surface area contributed by atoms with Gasteiger partial charge in [0, 0.05) is 19.1 Å². The van der Waals surface area contributed by atoms with Crippen LogP contribution in [-0.4, -0.2) is 50.3 Å². The molecule has 1 aliphatic rings. The molecule has 1 N–H and O–H groups in total. The molecule has 9 heteroatoms. The van der Waals surface area contributed by atoms with Crippen molar-refractivity contribution in [2.45, 2.75) is 30.0 Å². The van der Waals surface area contributed by atoms with Gasteiger partial charge in [0.05, 0.1) is 6.61 Å². The van der Waals surface area contributed by atoms with E-state index >= 15 is 0 Å². The monoisotopic (exact) mass is 346 g/mol. The van der Waals surface area contributed by atoms with E-state index in [2.05, 4.69) is 10.1 Å². The average molecular weight is 346 g/mol. The van der Waals surface area contributed by atoms with Crippen LogP contribution in [0.2, 0.25) is 0 Å². The second kappa shape index (κ2) is 7.21. The van der Waals surface area contributed by atoms with Crippen LogP contribution in [0.15, 0.2) is 21.7 Å². The topological polar surface area (TPSA) is 92.8 Å². The van der Waals surface area contributed by atoms with E-state index in [1.807, 2.05) is 0 Å². The molecular weight excluding hydrogens is 328 g/mol. The number of ether oxygens (including phenoxy) is 1. The molecule has 2 rings (SSSR count). The first-order valence-corrected chi connectivity index (χ1v) is 9.29. The van der Waals surface area contributed by atoms with Gasteiger partial charge in [-0.15, -0.1) is 11.3 Å². The summed E-state index contributed by atoms with van der Waals surface area (Å²) < 4.78 is 31.3. The molecule has 1 fully saturated rings. The molecular formula is C13H18N2O5S2. The van der Waals surface area contributed by atoms with Crippen LogP contribution in [0, 0.1) is 0 Å². The van der Waals surface area contributed by atoms with Gasteiger partial charge >= 0.3 is 11.9 Å². The highest BCUT2D eigenvalue weighted by Crippen LogP contribution is 2.28. The standard InChI is InChI=1S/C13H18N2O5S2/c1-2-20-13(17)12(16)14-9-10-5-3-7-15(10)22(18,19)11-6-4-8-21-11/h4,6,8,10H,2-3,5,7,9H2,1H3,(H,14,16). The summed E-state index contributed by atoms with van der Waals surface area (Å²) in [6, 6.07) is 2.91. The van der Waals surface area contributed by atoms with E-state index in [-0.39, 0.29) is 23.4 Å². The third-order valence-corrected chi connectivity index (χ3v) is 6.67. The molecule has 1 unspecified atom stereocenters. The summed E-state index contributed by atoms with van der Waals surface area (Å²) in [5.74, 6) is -1.80. The van der Waals surface area contributed by atoms with Crippen molar-refractivity contribution in [3.8, 4) is 0 Å². The van der Waals surface area contributed by atoms with Gasteiger partial charge in [0.15, 0.2) is 0 Å².